The molecule has 1 aromatic heterocycles. The van der Waals surface area contributed by atoms with Crippen molar-refractivity contribution in [2.24, 2.45) is 4.99 Å². The van der Waals surface area contributed by atoms with E-state index in [4.69, 9.17) is 34.2 Å². The molecule has 12 heteroatoms. The summed E-state index contributed by atoms with van der Waals surface area (Å²) in [5.74, 6) is -0.681. The van der Waals surface area contributed by atoms with Gasteiger partial charge in [-0.15, -0.1) is 0 Å². The number of aliphatic hydroxyl groups excluding tert-OH is 1. The van der Waals surface area contributed by atoms with Gasteiger partial charge in [0.25, 0.3) is 0 Å². The van der Waals surface area contributed by atoms with Gasteiger partial charge in [0.15, 0.2) is 11.5 Å². The molecule has 2 heterocycles. The topological polar surface area (TPSA) is 170 Å². The fourth-order valence-electron chi connectivity index (χ4n) is 4.50. The quantitative estimate of drug-likeness (QED) is 0.429. The number of carboxylic acids is 2. The summed E-state index contributed by atoms with van der Waals surface area (Å²) in [5, 5.41) is 25.9. The van der Waals surface area contributed by atoms with E-state index < -0.39 is 11.9 Å². The second-order valence-electron chi connectivity index (χ2n) is 8.43. The summed E-state index contributed by atoms with van der Waals surface area (Å²) in [5.41, 5.74) is 3.45. The average Bonchev–Trinajstić information content (AvgIpc) is 2.91. The van der Waals surface area contributed by atoms with Crippen molar-refractivity contribution in [1.29, 1.82) is 0 Å². The van der Waals surface area contributed by atoms with Gasteiger partial charge in [0, 0.05) is 29.8 Å². The van der Waals surface area contributed by atoms with Crippen LogP contribution in [-0.4, -0.2) is 83.0 Å². The highest BCUT2D eigenvalue weighted by molar-refractivity contribution is 6.16. The normalized spacial score (nSPS) is 19.7. The largest absolute Gasteiger partial charge is 0.493 e. The number of hydrogen-bond donors (Lipinski definition) is 3. The molecule has 1 aliphatic carbocycles. The smallest absolute Gasteiger partial charge is 0.328 e. The van der Waals surface area contributed by atoms with Crippen LogP contribution in [0.5, 0.6) is 23.4 Å². The molecule has 38 heavy (non-hydrogen) atoms. The van der Waals surface area contributed by atoms with Gasteiger partial charge in [-0.1, -0.05) is 0 Å². The van der Waals surface area contributed by atoms with Crippen LogP contribution in [0.15, 0.2) is 35.5 Å². The lowest BCUT2D eigenvalue weighted by molar-refractivity contribution is -0.134. The molecule has 1 fully saturated rings. The molecule has 2 aliphatic rings. The van der Waals surface area contributed by atoms with Crippen LogP contribution >= 0.6 is 0 Å². The van der Waals surface area contributed by atoms with Crippen LogP contribution in [0, 0.1) is 0 Å². The Labute approximate surface area is 219 Å². The average molecular weight is 530 g/mol. The fraction of sp³-hybridized carbons (Fsp3) is 0.423. The van der Waals surface area contributed by atoms with E-state index in [-0.39, 0.29) is 24.1 Å². The van der Waals surface area contributed by atoms with Crippen LogP contribution in [0.2, 0.25) is 0 Å². The van der Waals surface area contributed by atoms with E-state index in [1.165, 1.54) is 7.11 Å². The number of carboxylic acid groups (broad SMARTS) is 2. The second-order valence-corrected chi connectivity index (χ2v) is 8.43. The molecule has 0 unspecified atom stereocenters. The minimum atomic E-state index is -1.26. The van der Waals surface area contributed by atoms with Gasteiger partial charge in [-0.25, -0.2) is 14.6 Å². The number of aliphatic hydroxyl groups is 1. The van der Waals surface area contributed by atoms with E-state index in [1.807, 2.05) is 19.1 Å². The van der Waals surface area contributed by atoms with Crippen molar-refractivity contribution in [2.45, 2.75) is 44.2 Å². The van der Waals surface area contributed by atoms with Crippen molar-refractivity contribution in [3.05, 3.63) is 47.2 Å². The van der Waals surface area contributed by atoms with Crippen molar-refractivity contribution < 1.29 is 43.9 Å². The predicted molar refractivity (Wildman–Crippen MR) is 136 cm³/mol. The van der Waals surface area contributed by atoms with E-state index in [1.54, 1.807) is 20.4 Å². The van der Waals surface area contributed by atoms with Crippen LogP contribution in [0.25, 0.3) is 0 Å². The Morgan fingerprint density at radius 1 is 1.00 bits per heavy atom. The van der Waals surface area contributed by atoms with E-state index in [2.05, 4.69) is 9.97 Å². The first-order chi connectivity index (χ1) is 18.2. The van der Waals surface area contributed by atoms with Gasteiger partial charge in [0.1, 0.15) is 0 Å². The number of hydrogen-bond acceptors (Lipinski definition) is 10. The van der Waals surface area contributed by atoms with Crippen LogP contribution in [0.4, 0.5) is 0 Å². The number of methoxy groups -OCH3 is 3. The Hall–Kier alpha value is -4.19. The van der Waals surface area contributed by atoms with Gasteiger partial charge in [-0.05, 0) is 43.9 Å². The molecule has 4 rings (SSSR count). The first kappa shape index (κ1) is 28.4. The lowest BCUT2D eigenvalue weighted by atomic mass is 9.74. The molecule has 1 aliphatic heterocycles. The van der Waals surface area contributed by atoms with Crippen molar-refractivity contribution in [3.63, 3.8) is 0 Å². The van der Waals surface area contributed by atoms with Crippen LogP contribution in [-0.2, 0) is 9.59 Å². The summed E-state index contributed by atoms with van der Waals surface area (Å²) in [6.45, 7) is 2.48. The first-order valence-corrected chi connectivity index (χ1v) is 11.9. The van der Waals surface area contributed by atoms with Gasteiger partial charge >= 0.3 is 17.9 Å². The SMILES string of the molecule is CCOc1cc2c(cc1OC)C(c1cnc(OC)nc1OC)=N[C@@H]1CC[C@@H](O)C[C@H]21.O=C(O)C=CC(=O)O. The minimum absolute atomic E-state index is 0.0607. The van der Waals surface area contributed by atoms with Gasteiger partial charge in [-0.2, -0.15) is 4.98 Å². The lowest BCUT2D eigenvalue weighted by Crippen LogP contribution is -2.34. The zero-order valence-electron chi connectivity index (χ0n) is 21.6. The van der Waals surface area contributed by atoms with E-state index in [0.29, 0.717) is 48.1 Å². The third-order valence-corrected chi connectivity index (χ3v) is 6.10. The molecule has 3 atom stereocenters. The summed E-state index contributed by atoms with van der Waals surface area (Å²) < 4.78 is 22.1. The maximum atomic E-state index is 10.3. The van der Waals surface area contributed by atoms with Gasteiger partial charge in [-0.3, -0.25) is 4.99 Å². The summed E-state index contributed by atoms with van der Waals surface area (Å²) in [6, 6.07) is 4.26. The van der Waals surface area contributed by atoms with Crippen LogP contribution in [0.3, 0.4) is 0 Å². The third-order valence-electron chi connectivity index (χ3n) is 6.10. The van der Waals surface area contributed by atoms with Gasteiger partial charge < -0.3 is 34.3 Å². The van der Waals surface area contributed by atoms with Crippen molar-refractivity contribution in [1.82, 2.24) is 9.97 Å². The second kappa shape index (κ2) is 12.9. The molecule has 0 amide bonds. The highest BCUT2D eigenvalue weighted by Crippen LogP contribution is 2.45. The number of nitrogens with zero attached hydrogens (tertiary/aromatic N) is 3. The molecule has 204 valence electrons. The standard InChI is InChI=1S/C22H27N3O5.C4H4O4/c1-5-30-19-9-13-14-8-12(26)6-7-17(14)24-20(15(13)10-18(19)27-2)16-11-23-22(29-4)25-21(16)28-3;5-3(6)1-2-4(7)8/h9-12,14,17,26H,5-8H2,1-4H3;1-2H,(H,5,6)(H,7,8)/t12-,14-,17-;/m1./s1. The summed E-state index contributed by atoms with van der Waals surface area (Å²) in [4.78, 5) is 32.8. The molecule has 3 N–H and O–H groups in total. The number of rotatable bonds is 8. The summed E-state index contributed by atoms with van der Waals surface area (Å²) in [7, 11) is 4.70. The zero-order chi connectivity index (χ0) is 27.8. The molecule has 1 saturated carbocycles. The Balaban J connectivity index is 0.000000436. The molecule has 0 radical (unpaired) electrons. The predicted octanol–water partition coefficient (Wildman–Crippen LogP) is 2.46. The molecule has 12 nitrogen and oxygen atoms in total. The molecular formula is C26H31N3O9. The Morgan fingerprint density at radius 2 is 1.71 bits per heavy atom. The lowest BCUT2D eigenvalue weighted by Gasteiger charge is -2.37. The highest BCUT2D eigenvalue weighted by Gasteiger charge is 2.38. The zero-order valence-corrected chi connectivity index (χ0v) is 21.6. The van der Waals surface area contributed by atoms with Crippen LogP contribution < -0.4 is 18.9 Å². The Bertz CT molecular complexity index is 1210. The number of carbonyl (C=O) groups is 2. The number of benzene rings is 1. The number of aliphatic carboxylic acids is 2. The number of aromatic nitrogens is 2. The first-order valence-electron chi connectivity index (χ1n) is 11.9. The number of fused-ring (bicyclic) bond motifs is 3. The van der Waals surface area contributed by atoms with Gasteiger partial charge in [0.2, 0.25) is 5.88 Å². The van der Waals surface area contributed by atoms with Crippen LogP contribution in [0.1, 0.15) is 48.8 Å². The van der Waals surface area contributed by atoms with Crippen molar-refractivity contribution >= 4 is 17.7 Å². The maximum absolute atomic E-state index is 10.3. The van der Waals surface area contributed by atoms with Crippen molar-refractivity contribution in [3.8, 4) is 23.4 Å². The van der Waals surface area contributed by atoms with E-state index in [9.17, 15) is 14.7 Å². The monoisotopic (exact) mass is 529 g/mol. The van der Waals surface area contributed by atoms with Gasteiger partial charge in [0.05, 0.1) is 51.4 Å². The van der Waals surface area contributed by atoms with E-state index >= 15 is 0 Å². The number of ether oxygens (including phenoxy) is 4. The minimum Gasteiger partial charge on any atom is -0.493 e. The van der Waals surface area contributed by atoms with E-state index in [0.717, 1.165) is 29.7 Å². The third kappa shape index (κ3) is 6.57. The molecule has 2 aromatic rings. The maximum Gasteiger partial charge on any atom is 0.328 e. The number of aliphatic imine (C=N–C) groups is 1. The van der Waals surface area contributed by atoms with Crippen molar-refractivity contribution in [2.75, 3.05) is 27.9 Å². The summed E-state index contributed by atoms with van der Waals surface area (Å²) in [6.07, 6.45) is 4.68. The Morgan fingerprint density at radius 3 is 2.29 bits per heavy atom. The molecular weight excluding hydrogens is 498 g/mol. The highest BCUT2D eigenvalue weighted by atomic mass is 16.5. The molecule has 0 saturated heterocycles. The summed E-state index contributed by atoms with van der Waals surface area (Å²) >= 11 is 0. The molecule has 0 bridgehead atoms. The molecule has 1 aromatic carbocycles. The molecule has 0 spiro atoms. The fourth-order valence-corrected chi connectivity index (χ4v) is 4.50. The Kier molecular flexibility index (Phi) is 9.61.